The second-order valence-corrected chi connectivity index (χ2v) is 4.40. The average Bonchev–Trinajstić information content (AvgIpc) is 2.34. The number of benzene rings is 2. The fraction of sp³-hybridized carbons (Fsp3) is 0.118. The molecule has 0 aromatic heterocycles. The van der Waals surface area contributed by atoms with Crippen molar-refractivity contribution in [3.05, 3.63) is 70.1 Å². The van der Waals surface area contributed by atoms with Crippen LogP contribution in [0.1, 0.15) is 18.1 Å². The number of carbonyl (C=O) groups excluding carboxylic acids is 1. The van der Waals surface area contributed by atoms with Gasteiger partial charge in [0, 0.05) is 5.57 Å². The van der Waals surface area contributed by atoms with Crippen LogP contribution in [0.4, 0.5) is 0 Å². The standard InChI is InChI=1S/C17H16O/c1-12-8-4-6-10-15(12)17(14(3)18)16-11-7-5-9-13(16)2/h4-11H,1H2,2-3H3/b17-15-. The van der Waals surface area contributed by atoms with Gasteiger partial charge in [-0.1, -0.05) is 55.1 Å². The predicted molar refractivity (Wildman–Crippen MR) is 75.6 cm³/mol. The summed E-state index contributed by atoms with van der Waals surface area (Å²) in [7, 11) is 0. The lowest BCUT2D eigenvalue weighted by Gasteiger charge is -2.08. The van der Waals surface area contributed by atoms with Crippen molar-refractivity contribution >= 4 is 17.9 Å². The van der Waals surface area contributed by atoms with Crippen LogP contribution in [-0.4, -0.2) is 5.78 Å². The van der Waals surface area contributed by atoms with Crippen molar-refractivity contribution in [3.63, 3.8) is 0 Å². The third kappa shape index (κ3) is 2.25. The SMILES string of the molecule is C=c1cccc/c1=C(\C(C)=O)c1ccccc1C. The van der Waals surface area contributed by atoms with Crippen LogP contribution >= 0.6 is 0 Å². The van der Waals surface area contributed by atoms with Gasteiger partial charge in [0.2, 0.25) is 0 Å². The Kier molecular flexibility index (Phi) is 3.42. The molecule has 0 aliphatic heterocycles. The minimum atomic E-state index is 0.0698. The first-order valence-electron chi connectivity index (χ1n) is 5.96. The van der Waals surface area contributed by atoms with E-state index < -0.39 is 0 Å². The predicted octanol–water partition coefficient (Wildman–Crippen LogP) is 2.19. The molecule has 0 aliphatic rings. The molecule has 0 atom stereocenters. The molecule has 18 heavy (non-hydrogen) atoms. The van der Waals surface area contributed by atoms with Crippen LogP contribution in [0.3, 0.4) is 0 Å². The Balaban J connectivity index is 2.90. The zero-order valence-electron chi connectivity index (χ0n) is 10.7. The molecule has 2 aromatic rings. The maximum atomic E-state index is 12.0. The van der Waals surface area contributed by atoms with Crippen molar-refractivity contribution in [1.29, 1.82) is 0 Å². The van der Waals surface area contributed by atoms with E-state index in [1.807, 2.05) is 55.5 Å². The number of aryl methyl sites for hydroxylation is 1. The summed E-state index contributed by atoms with van der Waals surface area (Å²) in [5.41, 5.74) is 2.84. The quantitative estimate of drug-likeness (QED) is 0.781. The van der Waals surface area contributed by atoms with E-state index in [1.54, 1.807) is 6.92 Å². The van der Waals surface area contributed by atoms with E-state index >= 15 is 0 Å². The molecular weight excluding hydrogens is 220 g/mol. The smallest absolute Gasteiger partial charge is 0.161 e. The van der Waals surface area contributed by atoms with Gasteiger partial charge in [-0.25, -0.2) is 0 Å². The molecule has 0 fully saturated rings. The summed E-state index contributed by atoms with van der Waals surface area (Å²) in [6.07, 6.45) is 0. The minimum absolute atomic E-state index is 0.0698. The highest BCUT2D eigenvalue weighted by Gasteiger charge is 2.10. The van der Waals surface area contributed by atoms with Crippen molar-refractivity contribution in [2.24, 2.45) is 0 Å². The highest BCUT2D eigenvalue weighted by molar-refractivity contribution is 6.19. The molecule has 90 valence electrons. The molecule has 0 aliphatic carbocycles. The lowest BCUT2D eigenvalue weighted by Crippen LogP contribution is -2.28. The van der Waals surface area contributed by atoms with Crippen molar-refractivity contribution in [3.8, 4) is 0 Å². The molecule has 1 heteroatoms. The van der Waals surface area contributed by atoms with Gasteiger partial charge in [-0.05, 0) is 35.4 Å². The summed E-state index contributed by atoms with van der Waals surface area (Å²) >= 11 is 0. The molecule has 1 nitrogen and oxygen atoms in total. The summed E-state index contributed by atoms with van der Waals surface area (Å²) < 4.78 is 0. The van der Waals surface area contributed by atoms with Crippen LogP contribution in [0.15, 0.2) is 48.5 Å². The Bertz CT molecular complexity index is 696. The maximum absolute atomic E-state index is 12.0. The van der Waals surface area contributed by atoms with Crippen molar-refractivity contribution in [2.45, 2.75) is 13.8 Å². The van der Waals surface area contributed by atoms with Gasteiger partial charge >= 0.3 is 0 Å². The number of hydrogen-bond donors (Lipinski definition) is 0. The van der Waals surface area contributed by atoms with Crippen LogP contribution in [-0.2, 0) is 4.79 Å². The molecule has 0 bridgehead atoms. The van der Waals surface area contributed by atoms with E-state index in [4.69, 9.17) is 0 Å². The number of carbonyl (C=O) groups is 1. The zero-order chi connectivity index (χ0) is 13.1. The minimum Gasteiger partial charge on any atom is -0.294 e. The fourth-order valence-electron chi connectivity index (χ4n) is 2.14. The Hall–Kier alpha value is -2.15. The Morgan fingerprint density at radius 1 is 1.00 bits per heavy atom. The van der Waals surface area contributed by atoms with E-state index in [9.17, 15) is 4.79 Å². The summed E-state index contributed by atoms with van der Waals surface area (Å²) in [6.45, 7) is 7.63. The Morgan fingerprint density at radius 3 is 2.22 bits per heavy atom. The van der Waals surface area contributed by atoms with Gasteiger partial charge in [0.05, 0.1) is 0 Å². The second-order valence-electron chi connectivity index (χ2n) is 4.40. The normalized spacial score (nSPS) is 12.1. The molecule has 0 saturated carbocycles. The van der Waals surface area contributed by atoms with Gasteiger partial charge in [0.25, 0.3) is 0 Å². The van der Waals surface area contributed by atoms with Gasteiger partial charge in [-0.2, -0.15) is 0 Å². The molecule has 2 rings (SSSR count). The number of rotatable bonds is 2. The third-order valence-corrected chi connectivity index (χ3v) is 3.05. The molecule has 0 amide bonds. The second kappa shape index (κ2) is 5.01. The topological polar surface area (TPSA) is 17.1 Å². The number of Topliss-reactive ketones (excluding diaryl/α,β-unsaturated/α-hetero) is 1. The van der Waals surface area contributed by atoms with Gasteiger partial charge < -0.3 is 0 Å². The van der Waals surface area contributed by atoms with Gasteiger partial charge in [0.1, 0.15) is 0 Å². The summed E-state index contributed by atoms with van der Waals surface area (Å²) in [5, 5.41) is 1.80. The zero-order valence-corrected chi connectivity index (χ0v) is 10.7. The lowest BCUT2D eigenvalue weighted by molar-refractivity contribution is -0.111. The monoisotopic (exact) mass is 236 g/mol. The molecule has 0 unspecified atom stereocenters. The summed E-state index contributed by atoms with van der Waals surface area (Å²) in [5.74, 6) is 0.0698. The number of ketones is 1. The summed E-state index contributed by atoms with van der Waals surface area (Å²) in [4.78, 5) is 12.0. The molecule has 2 aromatic carbocycles. The van der Waals surface area contributed by atoms with Gasteiger partial charge in [0.15, 0.2) is 5.78 Å². The maximum Gasteiger partial charge on any atom is 0.161 e. The van der Waals surface area contributed by atoms with Gasteiger partial charge in [-0.3, -0.25) is 4.79 Å². The van der Waals surface area contributed by atoms with E-state index in [1.165, 1.54) is 0 Å². The highest BCUT2D eigenvalue weighted by atomic mass is 16.1. The first-order valence-corrected chi connectivity index (χ1v) is 5.96. The molecule has 0 radical (unpaired) electrons. The van der Waals surface area contributed by atoms with Crippen molar-refractivity contribution in [1.82, 2.24) is 0 Å². The van der Waals surface area contributed by atoms with E-state index in [2.05, 4.69) is 6.58 Å². The molecular formula is C17H16O. The fourth-order valence-corrected chi connectivity index (χ4v) is 2.14. The Morgan fingerprint density at radius 2 is 1.61 bits per heavy atom. The van der Waals surface area contributed by atoms with Gasteiger partial charge in [-0.15, -0.1) is 0 Å². The molecule has 0 N–H and O–H groups in total. The first kappa shape index (κ1) is 12.3. The van der Waals surface area contributed by atoms with E-state index in [0.717, 1.165) is 27.1 Å². The average molecular weight is 236 g/mol. The van der Waals surface area contributed by atoms with Crippen LogP contribution in [0.5, 0.6) is 0 Å². The van der Waals surface area contributed by atoms with Crippen molar-refractivity contribution in [2.75, 3.05) is 0 Å². The Labute approximate surface area is 107 Å². The van der Waals surface area contributed by atoms with Crippen LogP contribution < -0.4 is 10.4 Å². The van der Waals surface area contributed by atoms with E-state index in [0.29, 0.717) is 0 Å². The summed E-state index contributed by atoms with van der Waals surface area (Å²) in [6, 6.07) is 15.7. The largest absolute Gasteiger partial charge is 0.294 e. The highest BCUT2D eigenvalue weighted by Crippen LogP contribution is 2.16. The third-order valence-electron chi connectivity index (χ3n) is 3.05. The van der Waals surface area contributed by atoms with Crippen LogP contribution in [0.25, 0.3) is 12.2 Å². The number of hydrogen-bond acceptors (Lipinski definition) is 1. The van der Waals surface area contributed by atoms with Crippen molar-refractivity contribution < 1.29 is 4.79 Å². The first-order chi connectivity index (χ1) is 8.61. The molecule has 0 saturated heterocycles. The van der Waals surface area contributed by atoms with E-state index in [-0.39, 0.29) is 5.78 Å². The molecule has 0 spiro atoms. The van der Waals surface area contributed by atoms with Crippen LogP contribution in [0, 0.1) is 6.92 Å². The lowest BCUT2D eigenvalue weighted by atomic mass is 9.95. The van der Waals surface area contributed by atoms with Crippen LogP contribution in [0.2, 0.25) is 0 Å². The molecule has 0 heterocycles.